The molecule has 0 unspecified atom stereocenters. The van der Waals surface area contributed by atoms with E-state index in [1.807, 2.05) is 6.92 Å². The number of nitrogens with zero attached hydrogens (tertiary/aromatic N) is 1. The average Bonchev–Trinajstić information content (AvgIpc) is 2.26. The number of carbonyl (C=O) groups is 2. The molecule has 1 aromatic rings. The summed E-state index contributed by atoms with van der Waals surface area (Å²) in [5, 5.41) is 8.90. The van der Waals surface area contributed by atoms with Gasteiger partial charge >= 0.3 is 5.97 Å². The van der Waals surface area contributed by atoms with Gasteiger partial charge in [-0.2, -0.15) is 0 Å². The molecule has 0 aliphatic rings. The highest BCUT2D eigenvalue weighted by molar-refractivity contribution is 5.90. The number of benzene rings is 1. The predicted molar refractivity (Wildman–Crippen MR) is 57.2 cm³/mol. The number of hydrogen-bond acceptors (Lipinski definition) is 2. The van der Waals surface area contributed by atoms with Gasteiger partial charge in [0.1, 0.15) is 0 Å². The van der Waals surface area contributed by atoms with Gasteiger partial charge in [-0.25, -0.2) is 4.79 Å². The monoisotopic (exact) mass is 207 g/mol. The summed E-state index contributed by atoms with van der Waals surface area (Å²) in [4.78, 5) is 22.8. The largest absolute Gasteiger partial charge is 0.478 e. The molecule has 0 radical (unpaired) electrons. The number of anilines is 1. The lowest BCUT2D eigenvalue weighted by Gasteiger charge is -2.13. The van der Waals surface area contributed by atoms with Crippen molar-refractivity contribution in [2.24, 2.45) is 0 Å². The third-order valence-corrected chi connectivity index (χ3v) is 2.27. The van der Waals surface area contributed by atoms with E-state index in [0.29, 0.717) is 24.1 Å². The minimum absolute atomic E-state index is 0.292. The van der Waals surface area contributed by atoms with Crippen molar-refractivity contribution in [2.45, 2.75) is 13.3 Å². The zero-order valence-corrected chi connectivity index (χ0v) is 8.73. The molecule has 1 rings (SSSR count). The number of amides is 1. The molecule has 0 aromatic heterocycles. The molecule has 1 N–H and O–H groups in total. The van der Waals surface area contributed by atoms with Gasteiger partial charge in [0.05, 0.1) is 5.56 Å². The molecule has 0 aliphatic heterocycles. The van der Waals surface area contributed by atoms with Gasteiger partial charge in [0.25, 0.3) is 0 Å². The van der Waals surface area contributed by atoms with Crippen LogP contribution in [0.15, 0.2) is 18.2 Å². The fourth-order valence-electron chi connectivity index (χ4n) is 1.36. The van der Waals surface area contributed by atoms with Gasteiger partial charge in [-0.1, -0.05) is 6.92 Å². The Morgan fingerprint density at radius 1 is 1.53 bits per heavy atom. The molecule has 1 amide bonds. The van der Waals surface area contributed by atoms with Crippen molar-refractivity contribution in [2.75, 3.05) is 11.9 Å². The lowest BCUT2D eigenvalue weighted by molar-refractivity contribution is -0.107. The maximum Gasteiger partial charge on any atom is 0.335 e. The van der Waals surface area contributed by atoms with Gasteiger partial charge in [0.15, 0.2) is 0 Å². The van der Waals surface area contributed by atoms with Crippen LogP contribution in [0, 0.1) is 0 Å². The van der Waals surface area contributed by atoms with Gasteiger partial charge in [-0.3, -0.25) is 4.79 Å². The number of hydrogen-bond donors (Lipinski definition) is 1. The molecule has 0 atom stereocenters. The highest BCUT2D eigenvalue weighted by Gasteiger charge is 2.10. The lowest BCUT2D eigenvalue weighted by Crippen LogP contribution is -2.14. The standard InChI is InChI=1S/C11H13NO3/c1-3-8-6-9(12(2)7-13)4-5-10(8)11(14)15/h4-7H,3H2,1-2H3,(H,14,15). The quantitative estimate of drug-likeness (QED) is 0.762. The van der Waals surface area contributed by atoms with Crippen molar-refractivity contribution in [1.29, 1.82) is 0 Å². The molecule has 0 heterocycles. The number of aryl methyl sites for hydroxylation is 1. The second kappa shape index (κ2) is 4.59. The summed E-state index contributed by atoms with van der Waals surface area (Å²) in [6.07, 6.45) is 1.32. The van der Waals surface area contributed by atoms with Crippen molar-refractivity contribution < 1.29 is 14.7 Å². The molecular weight excluding hydrogens is 194 g/mol. The Hall–Kier alpha value is -1.84. The zero-order valence-electron chi connectivity index (χ0n) is 8.73. The minimum atomic E-state index is -0.938. The summed E-state index contributed by atoms with van der Waals surface area (Å²) in [7, 11) is 1.63. The molecule has 15 heavy (non-hydrogen) atoms. The molecule has 0 fully saturated rings. The third-order valence-electron chi connectivity index (χ3n) is 2.27. The van der Waals surface area contributed by atoms with Crippen LogP contribution in [0.4, 0.5) is 5.69 Å². The van der Waals surface area contributed by atoms with Gasteiger partial charge < -0.3 is 10.0 Å². The van der Waals surface area contributed by atoms with Crippen molar-refractivity contribution >= 4 is 18.1 Å². The summed E-state index contributed by atoms with van der Waals surface area (Å²) in [6.45, 7) is 1.88. The van der Waals surface area contributed by atoms with E-state index >= 15 is 0 Å². The fraction of sp³-hybridized carbons (Fsp3) is 0.273. The first kappa shape index (κ1) is 11.2. The Balaban J connectivity index is 3.18. The molecule has 0 bridgehead atoms. The molecule has 0 spiro atoms. The van der Waals surface area contributed by atoms with Crippen molar-refractivity contribution in [1.82, 2.24) is 0 Å². The first-order chi connectivity index (χ1) is 7.10. The second-order valence-electron chi connectivity index (χ2n) is 3.22. The van der Waals surface area contributed by atoms with E-state index in [1.165, 1.54) is 11.0 Å². The van der Waals surface area contributed by atoms with E-state index in [4.69, 9.17) is 5.11 Å². The molecular formula is C11H13NO3. The summed E-state index contributed by atoms with van der Waals surface area (Å²) < 4.78 is 0. The summed E-state index contributed by atoms with van der Waals surface area (Å²) in [6, 6.07) is 4.87. The molecule has 4 nitrogen and oxygen atoms in total. The highest BCUT2D eigenvalue weighted by Crippen LogP contribution is 2.18. The summed E-state index contributed by atoms with van der Waals surface area (Å²) >= 11 is 0. The Kier molecular flexibility index (Phi) is 3.44. The lowest BCUT2D eigenvalue weighted by atomic mass is 10.0. The van der Waals surface area contributed by atoms with Crippen LogP contribution in [0.25, 0.3) is 0 Å². The Bertz CT molecular complexity index is 387. The van der Waals surface area contributed by atoms with Crippen LogP contribution in [0.5, 0.6) is 0 Å². The van der Waals surface area contributed by atoms with Crippen LogP contribution in [0.2, 0.25) is 0 Å². The van der Waals surface area contributed by atoms with Crippen LogP contribution in [-0.4, -0.2) is 24.5 Å². The minimum Gasteiger partial charge on any atom is -0.478 e. The van der Waals surface area contributed by atoms with E-state index in [1.54, 1.807) is 19.2 Å². The van der Waals surface area contributed by atoms with Crippen LogP contribution < -0.4 is 4.90 Å². The maximum absolute atomic E-state index is 10.8. The van der Waals surface area contributed by atoms with Crippen molar-refractivity contribution in [3.05, 3.63) is 29.3 Å². The molecule has 1 aromatic carbocycles. The SMILES string of the molecule is CCc1cc(N(C)C=O)ccc1C(=O)O. The topological polar surface area (TPSA) is 57.6 Å². The normalized spacial score (nSPS) is 9.73. The maximum atomic E-state index is 10.8. The number of carboxylic acids is 1. The molecule has 0 saturated carbocycles. The van der Waals surface area contributed by atoms with E-state index in [0.717, 1.165) is 5.56 Å². The van der Waals surface area contributed by atoms with Crippen LogP contribution in [0.3, 0.4) is 0 Å². The highest BCUT2D eigenvalue weighted by atomic mass is 16.4. The van der Waals surface area contributed by atoms with Crippen LogP contribution in [-0.2, 0) is 11.2 Å². The Morgan fingerprint density at radius 2 is 2.20 bits per heavy atom. The fourth-order valence-corrected chi connectivity index (χ4v) is 1.36. The van der Waals surface area contributed by atoms with Crippen LogP contribution >= 0.6 is 0 Å². The first-order valence-electron chi connectivity index (χ1n) is 4.64. The Morgan fingerprint density at radius 3 is 2.67 bits per heavy atom. The zero-order chi connectivity index (χ0) is 11.4. The van der Waals surface area contributed by atoms with Gasteiger partial charge in [0, 0.05) is 12.7 Å². The van der Waals surface area contributed by atoms with Crippen molar-refractivity contribution in [3.63, 3.8) is 0 Å². The van der Waals surface area contributed by atoms with Gasteiger partial charge in [-0.05, 0) is 30.2 Å². The van der Waals surface area contributed by atoms with E-state index < -0.39 is 5.97 Å². The molecule has 0 saturated heterocycles. The van der Waals surface area contributed by atoms with E-state index in [-0.39, 0.29) is 0 Å². The average molecular weight is 207 g/mol. The number of carboxylic acid groups (broad SMARTS) is 1. The van der Waals surface area contributed by atoms with Gasteiger partial charge in [-0.15, -0.1) is 0 Å². The van der Waals surface area contributed by atoms with E-state index in [9.17, 15) is 9.59 Å². The van der Waals surface area contributed by atoms with Crippen molar-refractivity contribution in [3.8, 4) is 0 Å². The first-order valence-corrected chi connectivity index (χ1v) is 4.64. The third kappa shape index (κ3) is 2.34. The predicted octanol–water partition coefficient (Wildman–Crippen LogP) is 1.54. The van der Waals surface area contributed by atoms with E-state index in [2.05, 4.69) is 0 Å². The molecule has 0 aliphatic carbocycles. The van der Waals surface area contributed by atoms with Crippen LogP contribution in [0.1, 0.15) is 22.8 Å². The number of rotatable bonds is 4. The number of carbonyl (C=O) groups excluding carboxylic acids is 1. The molecule has 4 heteroatoms. The molecule has 80 valence electrons. The Labute approximate surface area is 88.1 Å². The smallest absolute Gasteiger partial charge is 0.335 e. The summed E-state index contributed by atoms with van der Waals surface area (Å²) in [5.74, 6) is -0.938. The second-order valence-corrected chi connectivity index (χ2v) is 3.22. The number of aromatic carboxylic acids is 1. The van der Waals surface area contributed by atoms with Gasteiger partial charge in [0.2, 0.25) is 6.41 Å². The summed E-state index contributed by atoms with van der Waals surface area (Å²) in [5.41, 5.74) is 1.72.